The molecular weight excluding hydrogens is 374 g/mol. The van der Waals surface area contributed by atoms with Crippen molar-refractivity contribution in [3.8, 4) is 17.1 Å². The highest BCUT2D eigenvalue weighted by Gasteiger charge is 2.30. The van der Waals surface area contributed by atoms with Crippen LogP contribution in [0.3, 0.4) is 0 Å². The molecule has 0 fully saturated rings. The summed E-state index contributed by atoms with van der Waals surface area (Å²) in [5.41, 5.74) is -0.835. The van der Waals surface area contributed by atoms with Gasteiger partial charge in [0.1, 0.15) is 0 Å². The molecule has 3 aromatic rings. The van der Waals surface area contributed by atoms with Crippen molar-refractivity contribution in [3.05, 3.63) is 85.2 Å². The number of aromatic nitrogens is 2. The Morgan fingerprint density at radius 3 is 1.93 bits per heavy atom. The normalized spacial score (nSPS) is 9.89. The first-order valence-electron chi connectivity index (χ1n) is 7.55. The maximum absolute atomic E-state index is 10.4. The summed E-state index contributed by atoms with van der Waals surface area (Å²) in [6.07, 6.45) is 3.83. The molecule has 28 heavy (non-hydrogen) atoms. The molecule has 0 spiro atoms. The van der Waals surface area contributed by atoms with E-state index in [0.29, 0.717) is 12.1 Å². The smallest absolute Gasteiger partial charge is 0.324 e. The van der Waals surface area contributed by atoms with Crippen molar-refractivity contribution in [1.29, 1.82) is 0 Å². The lowest BCUT2D eigenvalue weighted by molar-refractivity contribution is -0.404. The lowest BCUT2D eigenvalue weighted by Gasteiger charge is -2.00. The van der Waals surface area contributed by atoms with Crippen LogP contribution in [0, 0.1) is 30.3 Å². The number of nitrogens with zero attached hydrogens (tertiary/aromatic N) is 5. The van der Waals surface area contributed by atoms with Gasteiger partial charge in [-0.3, -0.25) is 35.3 Å². The van der Waals surface area contributed by atoms with E-state index in [2.05, 4.69) is 15.6 Å². The number of nitro groups is 3. The van der Waals surface area contributed by atoms with Gasteiger partial charge in [0, 0.05) is 19.4 Å². The van der Waals surface area contributed by atoms with Gasteiger partial charge < -0.3 is 9.67 Å². The van der Waals surface area contributed by atoms with E-state index in [1.165, 1.54) is 0 Å². The molecule has 2 aromatic heterocycles. The quantitative estimate of drug-likeness (QED) is 0.526. The highest BCUT2D eigenvalue weighted by Crippen LogP contribution is 2.38. The molecule has 0 saturated carbocycles. The Bertz CT molecular complexity index is 998. The number of aromatic hydroxyl groups is 1. The van der Waals surface area contributed by atoms with Crippen LogP contribution in [-0.4, -0.2) is 29.4 Å². The Morgan fingerprint density at radius 1 is 0.929 bits per heavy atom. The van der Waals surface area contributed by atoms with Crippen molar-refractivity contribution in [2.75, 3.05) is 0 Å². The Kier molecular flexibility index (Phi) is 5.96. The zero-order chi connectivity index (χ0) is 20.8. The Balaban J connectivity index is 0.000000207. The minimum absolute atomic E-state index is 0.447. The molecule has 1 N–H and O–H groups in total. The third kappa shape index (κ3) is 4.43. The first-order valence-corrected chi connectivity index (χ1v) is 7.55. The van der Waals surface area contributed by atoms with Crippen LogP contribution in [-0.2, 0) is 7.05 Å². The molecule has 1 aromatic carbocycles. The van der Waals surface area contributed by atoms with Crippen molar-refractivity contribution in [2.45, 2.75) is 0 Å². The van der Waals surface area contributed by atoms with Crippen LogP contribution >= 0.6 is 0 Å². The van der Waals surface area contributed by atoms with Gasteiger partial charge in [-0.1, -0.05) is 6.07 Å². The molecule has 0 radical (unpaired) electrons. The summed E-state index contributed by atoms with van der Waals surface area (Å²) in [7, 11) is 2.02. The van der Waals surface area contributed by atoms with Crippen LogP contribution < -0.4 is 0 Å². The fraction of sp³-hybridized carbons (Fsp3) is 0.0625. The molecule has 12 nitrogen and oxygen atoms in total. The van der Waals surface area contributed by atoms with Gasteiger partial charge in [0.2, 0.25) is 0 Å². The second kappa shape index (κ2) is 8.35. The number of non-ortho nitro benzene ring substituents is 1. The zero-order valence-corrected chi connectivity index (χ0v) is 14.3. The van der Waals surface area contributed by atoms with E-state index in [-0.39, 0.29) is 0 Å². The number of phenolic OH excluding ortho intramolecular Hbond substituents is 1. The molecule has 0 unspecified atom stereocenters. The minimum atomic E-state index is -1.21. The Labute approximate surface area is 156 Å². The number of rotatable bonds is 4. The number of benzene rings is 1. The van der Waals surface area contributed by atoms with Crippen molar-refractivity contribution in [1.82, 2.24) is 9.55 Å². The summed E-state index contributed by atoms with van der Waals surface area (Å²) >= 11 is 0. The molecule has 0 bridgehead atoms. The summed E-state index contributed by atoms with van der Waals surface area (Å²) < 4.78 is 2.06. The second-order valence-electron chi connectivity index (χ2n) is 5.32. The van der Waals surface area contributed by atoms with Crippen LogP contribution in [0.5, 0.6) is 5.75 Å². The van der Waals surface area contributed by atoms with Gasteiger partial charge in [0.25, 0.3) is 11.4 Å². The van der Waals surface area contributed by atoms with Gasteiger partial charge >= 0.3 is 11.4 Å². The largest absolute Gasteiger partial charge is 0.497 e. The molecule has 0 atom stereocenters. The first-order chi connectivity index (χ1) is 13.2. The van der Waals surface area contributed by atoms with Crippen LogP contribution in [0.2, 0.25) is 0 Å². The van der Waals surface area contributed by atoms with Gasteiger partial charge in [0.05, 0.1) is 38.3 Å². The van der Waals surface area contributed by atoms with Crippen molar-refractivity contribution in [2.24, 2.45) is 7.05 Å². The number of hydrogen-bond acceptors (Lipinski definition) is 8. The summed E-state index contributed by atoms with van der Waals surface area (Å²) in [6.45, 7) is 0. The monoisotopic (exact) mass is 387 g/mol. The number of pyridine rings is 1. The van der Waals surface area contributed by atoms with E-state index in [4.69, 9.17) is 5.11 Å². The molecule has 3 rings (SSSR count). The van der Waals surface area contributed by atoms with E-state index in [9.17, 15) is 30.3 Å². The van der Waals surface area contributed by atoms with E-state index in [1.807, 2.05) is 43.7 Å². The number of aryl methyl sites for hydroxylation is 1. The average Bonchev–Trinajstić information content (AvgIpc) is 3.08. The third-order valence-corrected chi connectivity index (χ3v) is 3.53. The van der Waals surface area contributed by atoms with Crippen molar-refractivity contribution in [3.63, 3.8) is 0 Å². The SMILES string of the molecule is Cn1cccc1-c1ccccn1.O=[N+]([O-])c1cc([N+](=O)[O-])c(O)c([N+](=O)[O-])c1. The predicted molar refractivity (Wildman–Crippen MR) is 96.7 cm³/mol. The van der Waals surface area contributed by atoms with Crippen molar-refractivity contribution >= 4 is 17.1 Å². The molecule has 0 aliphatic carbocycles. The fourth-order valence-corrected chi connectivity index (χ4v) is 2.21. The summed E-state index contributed by atoms with van der Waals surface area (Å²) in [6, 6.07) is 10.9. The van der Waals surface area contributed by atoms with Crippen LogP contribution in [0.25, 0.3) is 11.4 Å². The minimum Gasteiger partial charge on any atom is -0.497 e. The third-order valence-electron chi connectivity index (χ3n) is 3.53. The Morgan fingerprint density at radius 2 is 1.54 bits per heavy atom. The predicted octanol–water partition coefficient (Wildman–Crippen LogP) is 3.20. The topological polar surface area (TPSA) is 167 Å². The van der Waals surface area contributed by atoms with E-state index in [0.717, 1.165) is 11.4 Å². The summed E-state index contributed by atoms with van der Waals surface area (Å²) in [4.78, 5) is 32.0. The number of nitro benzene ring substituents is 3. The second-order valence-corrected chi connectivity index (χ2v) is 5.32. The molecule has 0 aliphatic heterocycles. The van der Waals surface area contributed by atoms with Gasteiger partial charge in [-0.05, 0) is 24.3 Å². The number of phenols is 1. The maximum atomic E-state index is 10.4. The molecule has 2 heterocycles. The van der Waals surface area contributed by atoms with Crippen LogP contribution in [0.1, 0.15) is 0 Å². The molecule has 12 heteroatoms. The van der Waals surface area contributed by atoms with E-state index < -0.39 is 37.6 Å². The van der Waals surface area contributed by atoms with Gasteiger partial charge in [-0.15, -0.1) is 0 Å². The van der Waals surface area contributed by atoms with Gasteiger partial charge in [-0.25, -0.2) is 0 Å². The highest BCUT2D eigenvalue weighted by molar-refractivity contribution is 5.64. The standard InChI is InChI=1S/C10H10N2.C6H3N3O7/c1-12-8-4-6-10(12)9-5-2-3-7-11-9;10-6-4(8(13)14)1-3(7(11)12)2-5(6)9(15)16/h2-8H,1H3;1-2,10H. The zero-order valence-electron chi connectivity index (χ0n) is 14.3. The molecule has 0 amide bonds. The fourth-order valence-electron chi connectivity index (χ4n) is 2.21. The number of hydrogen-bond donors (Lipinski definition) is 1. The lowest BCUT2D eigenvalue weighted by atomic mass is 10.2. The van der Waals surface area contributed by atoms with Crippen LogP contribution in [0.4, 0.5) is 17.1 Å². The molecule has 0 aliphatic rings. The molecular formula is C16H13N5O7. The lowest BCUT2D eigenvalue weighted by Crippen LogP contribution is -1.97. The summed E-state index contributed by atoms with van der Waals surface area (Å²) in [5.74, 6) is -1.21. The first kappa shape index (κ1) is 20.0. The summed E-state index contributed by atoms with van der Waals surface area (Å²) in [5, 5.41) is 40.2. The highest BCUT2D eigenvalue weighted by atomic mass is 16.6. The van der Waals surface area contributed by atoms with Crippen LogP contribution in [0.15, 0.2) is 54.9 Å². The molecule has 0 saturated heterocycles. The Hall–Kier alpha value is -4.35. The van der Waals surface area contributed by atoms with E-state index in [1.54, 1.807) is 0 Å². The van der Waals surface area contributed by atoms with Crippen molar-refractivity contribution < 1.29 is 19.9 Å². The molecule has 144 valence electrons. The maximum Gasteiger partial charge on any atom is 0.324 e. The van der Waals surface area contributed by atoms with E-state index >= 15 is 0 Å². The van der Waals surface area contributed by atoms with Gasteiger partial charge in [-0.2, -0.15) is 0 Å². The average molecular weight is 387 g/mol. The van der Waals surface area contributed by atoms with Gasteiger partial charge in [0.15, 0.2) is 0 Å².